The molecule has 1 aromatic heterocycles. The number of amides is 3. The molecule has 1 aliphatic carbocycles. The Balaban J connectivity index is 1.08. The van der Waals surface area contributed by atoms with E-state index in [0.29, 0.717) is 38.0 Å². The first-order valence-corrected chi connectivity index (χ1v) is 13.0. The number of fused-ring (bicyclic) bond motifs is 2. The number of ether oxygens (including phenoxy) is 2. The molecule has 0 bridgehead atoms. The Hall–Kier alpha value is -3.84. The number of nitrogens with zero attached hydrogens (tertiary/aromatic N) is 4. The monoisotopic (exact) mass is 541 g/mol. The summed E-state index contributed by atoms with van der Waals surface area (Å²) in [6.07, 6.45) is 2.49. The summed E-state index contributed by atoms with van der Waals surface area (Å²) in [6, 6.07) is 3.16. The van der Waals surface area contributed by atoms with Gasteiger partial charge in [-0.05, 0) is 76.5 Å². The van der Waals surface area contributed by atoms with Crippen molar-refractivity contribution in [3.8, 4) is 5.88 Å². The summed E-state index contributed by atoms with van der Waals surface area (Å²) in [6.45, 7) is 3.26. The Bertz CT molecular complexity index is 1290. The smallest absolute Gasteiger partial charge is 0.415 e. The molecule has 1 saturated heterocycles. The van der Waals surface area contributed by atoms with Gasteiger partial charge in [0, 0.05) is 0 Å². The maximum atomic E-state index is 15.2. The van der Waals surface area contributed by atoms with Gasteiger partial charge in [0.1, 0.15) is 11.9 Å². The van der Waals surface area contributed by atoms with Crippen molar-refractivity contribution in [2.45, 2.75) is 38.3 Å². The number of nitrogens with one attached hydrogen (secondary N) is 3. The molecule has 2 aromatic rings. The van der Waals surface area contributed by atoms with E-state index in [1.807, 2.05) is 6.07 Å². The molecule has 0 radical (unpaired) electrons. The van der Waals surface area contributed by atoms with Gasteiger partial charge in [-0.15, -0.1) is 0 Å². The van der Waals surface area contributed by atoms with E-state index in [0.717, 1.165) is 12.0 Å². The van der Waals surface area contributed by atoms with Crippen LogP contribution in [0.5, 0.6) is 5.88 Å². The molecule has 3 N–H and O–H groups in total. The number of aromatic nitrogens is 2. The molecule has 39 heavy (non-hydrogen) atoms. The zero-order valence-electron chi connectivity index (χ0n) is 22.1. The van der Waals surface area contributed by atoms with E-state index in [4.69, 9.17) is 9.47 Å². The molecule has 3 amide bonds. The molecule has 208 valence electrons. The fraction of sp³-hybridized carbons (Fsp3) is 0.500. The topological polar surface area (TPSA) is 138 Å². The lowest BCUT2D eigenvalue weighted by Gasteiger charge is -2.19. The number of carbonyl (C=O) groups excluding carboxylic acids is 3. The number of carbonyl (C=O) groups is 3. The van der Waals surface area contributed by atoms with Crippen LogP contribution in [-0.2, 0) is 27.2 Å². The molecule has 0 saturated carbocycles. The molecule has 13 heteroatoms. The van der Waals surface area contributed by atoms with Crippen LogP contribution in [0.1, 0.15) is 24.5 Å². The van der Waals surface area contributed by atoms with Gasteiger partial charge < -0.3 is 25.4 Å². The molecule has 3 aliphatic rings. The fourth-order valence-electron chi connectivity index (χ4n) is 4.87. The number of anilines is 3. The molecule has 2 aliphatic heterocycles. The Morgan fingerprint density at radius 1 is 1.31 bits per heavy atom. The van der Waals surface area contributed by atoms with Crippen molar-refractivity contribution in [1.82, 2.24) is 20.2 Å². The van der Waals surface area contributed by atoms with Crippen molar-refractivity contribution < 1.29 is 28.2 Å². The minimum atomic E-state index is -0.526. The van der Waals surface area contributed by atoms with Crippen LogP contribution >= 0.6 is 0 Å². The van der Waals surface area contributed by atoms with E-state index in [-0.39, 0.29) is 65.5 Å². The summed E-state index contributed by atoms with van der Waals surface area (Å²) in [5, 5.41) is 8.68. The number of rotatable bonds is 9. The average molecular weight is 542 g/mol. The highest BCUT2D eigenvalue weighted by atomic mass is 19.1. The molecular formula is C26H32FN7O5. The molecule has 1 aromatic carbocycles. The minimum absolute atomic E-state index is 0.126. The highest BCUT2D eigenvalue weighted by Gasteiger charge is 2.34. The molecular weight excluding hydrogens is 509 g/mol. The highest BCUT2D eigenvalue weighted by Crippen LogP contribution is 2.32. The van der Waals surface area contributed by atoms with Gasteiger partial charge in [0.25, 0.3) is 11.8 Å². The third-order valence-corrected chi connectivity index (χ3v) is 7.30. The Labute approximate surface area is 225 Å². The van der Waals surface area contributed by atoms with Gasteiger partial charge in [0.2, 0.25) is 5.91 Å². The Morgan fingerprint density at radius 2 is 2.13 bits per heavy atom. The molecule has 0 spiro atoms. The van der Waals surface area contributed by atoms with E-state index in [2.05, 4.69) is 25.9 Å². The molecule has 5 rings (SSSR count). The number of halogens is 1. The largest absolute Gasteiger partial charge is 0.465 e. The maximum absolute atomic E-state index is 15.2. The first-order chi connectivity index (χ1) is 18.7. The standard InChI is InChI=1S/C26H32FN7O5/c1-14(33(2)3)24(36)30-19-5-4-16-8-15(9-18(16)22(19)27)10-28-7-6-17-12-34(26(37)39-17)20-11-29-25-23(31-20)32-21(35)13-38-25/h4-5,11,14-15,17,28H,6-10,12-13H2,1-3H3,(H,30,36)(H,31,32,35). The van der Waals surface area contributed by atoms with E-state index >= 15 is 4.39 Å². The summed E-state index contributed by atoms with van der Waals surface area (Å²) in [7, 11) is 3.60. The van der Waals surface area contributed by atoms with Crippen molar-refractivity contribution in [2.24, 2.45) is 5.92 Å². The SMILES string of the molecule is CC(C(=O)Nc1ccc2c(c1F)CC(CNCCC1CN(c3cnc4c(n3)NC(=O)CO4)C(=O)O1)C2)N(C)C. The van der Waals surface area contributed by atoms with Crippen LogP contribution in [0.2, 0.25) is 0 Å². The predicted octanol–water partition coefficient (Wildman–Crippen LogP) is 1.56. The van der Waals surface area contributed by atoms with Crippen LogP contribution in [-0.4, -0.2) is 85.3 Å². The fourth-order valence-corrected chi connectivity index (χ4v) is 4.87. The van der Waals surface area contributed by atoms with E-state index in [9.17, 15) is 14.4 Å². The van der Waals surface area contributed by atoms with E-state index in [1.54, 1.807) is 32.0 Å². The lowest BCUT2D eigenvalue weighted by atomic mass is 10.1. The van der Waals surface area contributed by atoms with Gasteiger partial charge in [0.05, 0.1) is 24.5 Å². The Kier molecular flexibility index (Phi) is 7.62. The summed E-state index contributed by atoms with van der Waals surface area (Å²) >= 11 is 0. The van der Waals surface area contributed by atoms with Gasteiger partial charge in [-0.25, -0.2) is 19.2 Å². The third-order valence-electron chi connectivity index (χ3n) is 7.30. The summed E-state index contributed by atoms with van der Waals surface area (Å²) in [4.78, 5) is 47.9. The van der Waals surface area contributed by atoms with Gasteiger partial charge in [0.15, 0.2) is 18.2 Å². The predicted molar refractivity (Wildman–Crippen MR) is 140 cm³/mol. The lowest BCUT2D eigenvalue weighted by molar-refractivity contribution is -0.120. The van der Waals surface area contributed by atoms with Crippen LogP contribution in [0.15, 0.2) is 18.3 Å². The van der Waals surface area contributed by atoms with E-state index in [1.165, 1.54) is 11.1 Å². The number of likely N-dealkylation sites (N-methyl/N-ethyl adjacent to an activating group) is 1. The van der Waals surface area contributed by atoms with Gasteiger partial charge >= 0.3 is 6.09 Å². The molecule has 3 heterocycles. The minimum Gasteiger partial charge on any atom is -0.465 e. The van der Waals surface area contributed by atoms with Crippen molar-refractivity contribution in [3.05, 3.63) is 35.3 Å². The molecule has 12 nitrogen and oxygen atoms in total. The van der Waals surface area contributed by atoms with Crippen LogP contribution in [0, 0.1) is 11.7 Å². The first kappa shape index (κ1) is 26.8. The van der Waals surface area contributed by atoms with Crippen LogP contribution in [0.25, 0.3) is 0 Å². The summed E-state index contributed by atoms with van der Waals surface area (Å²) in [5.74, 6) is -0.0560. The van der Waals surface area contributed by atoms with Gasteiger partial charge in [-0.2, -0.15) is 0 Å². The maximum Gasteiger partial charge on any atom is 0.415 e. The van der Waals surface area contributed by atoms with Crippen LogP contribution in [0.4, 0.5) is 26.5 Å². The average Bonchev–Trinajstić information content (AvgIpc) is 3.50. The number of hydrogen-bond donors (Lipinski definition) is 3. The van der Waals surface area contributed by atoms with Gasteiger partial charge in [-0.1, -0.05) is 6.07 Å². The third kappa shape index (κ3) is 5.78. The highest BCUT2D eigenvalue weighted by molar-refractivity contribution is 5.95. The zero-order chi connectivity index (χ0) is 27.7. The number of cyclic esters (lactones) is 1. The normalized spacial score (nSPS) is 20.7. The van der Waals surface area contributed by atoms with Crippen molar-refractivity contribution in [2.75, 3.05) is 55.9 Å². The summed E-state index contributed by atoms with van der Waals surface area (Å²) < 4.78 is 25.8. The first-order valence-electron chi connectivity index (χ1n) is 13.0. The number of hydrogen-bond acceptors (Lipinski definition) is 9. The van der Waals surface area contributed by atoms with Crippen LogP contribution < -0.4 is 25.6 Å². The lowest BCUT2D eigenvalue weighted by Crippen LogP contribution is -2.37. The van der Waals surface area contributed by atoms with Crippen molar-refractivity contribution in [3.63, 3.8) is 0 Å². The molecule has 3 unspecified atom stereocenters. The number of benzene rings is 1. The second kappa shape index (κ2) is 11.1. The summed E-state index contributed by atoms with van der Waals surface area (Å²) in [5.41, 5.74) is 1.84. The Morgan fingerprint density at radius 3 is 2.92 bits per heavy atom. The van der Waals surface area contributed by atoms with E-state index < -0.39 is 6.09 Å². The quantitative estimate of drug-likeness (QED) is 0.404. The zero-order valence-corrected chi connectivity index (χ0v) is 22.1. The second-order valence-electron chi connectivity index (χ2n) is 10.3. The van der Waals surface area contributed by atoms with Crippen molar-refractivity contribution in [1.29, 1.82) is 0 Å². The van der Waals surface area contributed by atoms with Crippen molar-refractivity contribution >= 4 is 35.2 Å². The van der Waals surface area contributed by atoms with Crippen LogP contribution in [0.3, 0.4) is 0 Å². The molecule has 3 atom stereocenters. The second-order valence-corrected chi connectivity index (χ2v) is 10.3. The van der Waals surface area contributed by atoms with Gasteiger partial charge in [-0.3, -0.25) is 19.4 Å². The molecule has 1 fully saturated rings.